The maximum Gasteiger partial charge on any atom is 0.425 e. The van der Waals surface area contributed by atoms with E-state index in [1.54, 1.807) is 34.9 Å². The van der Waals surface area contributed by atoms with Crippen molar-refractivity contribution in [1.29, 1.82) is 0 Å². The molecule has 0 amide bonds. The first-order valence-corrected chi connectivity index (χ1v) is 10.2. The third kappa shape index (κ3) is 3.31. The third-order valence-electron chi connectivity index (χ3n) is 5.60. The molecule has 1 unspecified atom stereocenters. The van der Waals surface area contributed by atoms with E-state index in [1.807, 2.05) is 6.92 Å². The lowest BCUT2D eigenvalue weighted by Gasteiger charge is -2.31. The van der Waals surface area contributed by atoms with Crippen LogP contribution in [0, 0.1) is 0 Å². The number of aromatic nitrogens is 3. The van der Waals surface area contributed by atoms with Gasteiger partial charge in [0.05, 0.1) is 11.7 Å². The summed E-state index contributed by atoms with van der Waals surface area (Å²) in [5.74, 6) is -0.242. The molecule has 0 saturated carbocycles. The van der Waals surface area contributed by atoms with Gasteiger partial charge in [0.2, 0.25) is 11.5 Å². The fourth-order valence-corrected chi connectivity index (χ4v) is 4.07. The van der Waals surface area contributed by atoms with Crippen LogP contribution in [0.4, 0.5) is 13.2 Å². The summed E-state index contributed by atoms with van der Waals surface area (Å²) in [5.41, 5.74) is -2.92. The SMILES string of the molecule is C=CCn1cc(C(O)(c2ccc3c(cnn3C(=O)CCC)c2)C(F)(F)F)c2ccccc21. The molecule has 4 aromatic rings. The molecule has 0 bridgehead atoms. The molecule has 0 aliphatic rings. The predicted octanol–water partition coefficient (Wildman–Crippen LogP) is 5.42. The largest absolute Gasteiger partial charge is 0.425 e. The Balaban J connectivity index is 1.94. The van der Waals surface area contributed by atoms with Gasteiger partial charge in [0.1, 0.15) is 0 Å². The lowest BCUT2D eigenvalue weighted by atomic mass is 9.85. The Bertz CT molecular complexity index is 1320. The molecule has 4 rings (SSSR count). The van der Waals surface area contributed by atoms with E-state index in [-0.39, 0.29) is 23.5 Å². The average Bonchev–Trinajstić information content (AvgIpc) is 3.34. The number of carbonyl (C=O) groups excluding carboxylic acids is 1. The van der Waals surface area contributed by atoms with Gasteiger partial charge in [-0.25, -0.2) is 4.68 Å². The Labute approximate surface area is 182 Å². The lowest BCUT2D eigenvalue weighted by molar-refractivity contribution is -0.247. The molecule has 166 valence electrons. The number of allylic oxidation sites excluding steroid dienone is 1. The number of rotatable bonds is 6. The van der Waals surface area contributed by atoms with Gasteiger partial charge >= 0.3 is 6.18 Å². The van der Waals surface area contributed by atoms with E-state index in [0.717, 1.165) is 0 Å². The minimum absolute atomic E-state index is 0.242. The number of aliphatic hydroxyl groups is 1. The number of nitrogens with zero attached hydrogens (tertiary/aromatic N) is 3. The Morgan fingerprint density at radius 2 is 1.94 bits per heavy atom. The zero-order valence-electron chi connectivity index (χ0n) is 17.4. The van der Waals surface area contributed by atoms with Crippen LogP contribution in [-0.4, -0.2) is 31.5 Å². The zero-order chi connectivity index (χ0) is 23.1. The summed E-state index contributed by atoms with van der Waals surface area (Å²) in [5, 5.41) is 15.9. The van der Waals surface area contributed by atoms with Gasteiger partial charge in [0, 0.05) is 41.0 Å². The predicted molar refractivity (Wildman–Crippen MR) is 116 cm³/mol. The number of carbonyl (C=O) groups is 1. The second-order valence-corrected chi connectivity index (χ2v) is 7.68. The van der Waals surface area contributed by atoms with Gasteiger partial charge in [-0.15, -0.1) is 6.58 Å². The van der Waals surface area contributed by atoms with Crippen LogP contribution in [0.2, 0.25) is 0 Å². The molecule has 2 aromatic heterocycles. The van der Waals surface area contributed by atoms with Gasteiger partial charge in [0.25, 0.3) is 0 Å². The molecule has 2 aromatic carbocycles. The summed E-state index contributed by atoms with van der Waals surface area (Å²) in [6.45, 7) is 5.81. The minimum Gasteiger partial charge on any atom is -0.372 e. The molecule has 5 nitrogen and oxygen atoms in total. The highest BCUT2D eigenvalue weighted by molar-refractivity contribution is 5.91. The van der Waals surface area contributed by atoms with E-state index in [1.165, 1.54) is 35.3 Å². The first kappa shape index (κ1) is 21.8. The smallest absolute Gasteiger partial charge is 0.372 e. The Hall–Kier alpha value is -3.39. The van der Waals surface area contributed by atoms with Crippen LogP contribution in [0.3, 0.4) is 0 Å². The molecule has 0 radical (unpaired) electrons. The van der Waals surface area contributed by atoms with Crippen molar-refractivity contribution in [2.24, 2.45) is 0 Å². The Morgan fingerprint density at radius 1 is 1.19 bits per heavy atom. The van der Waals surface area contributed by atoms with E-state index in [0.29, 0.717) is 34.8 Å². The standard InChI is InChI=1S/C24H22F3N3O2/c1-3-7-22(31)30-20-11-10-17(13-16(20)14-28-30)23(32,24(25,26)27)19-15-29(12-4-2)21-9-6-5-8-18(19)21/h4-6,8-11,13-15,32H,2-3,7,12H2,1H3. The normalized spacial score (nSPS) is 14.0. The van der Waals surface area contributed by atoms with E-state index in [9.17, 15) is 23.1 Å². The highest BCUT2D eigenvalue weighted by Gasteiger charge is 2.57. The average molecular weight is 441 g/mol. The molecule has 1 atom stereocenters. The van der Waals surface area contributed by atoms with Crippen molar-refractivity contribution in [1.82, 2.24) is 14.3 Å². The first-order chi connectivity index (χ1) is 15.2. The van der Waals surface area contributed by atoms with Crippen LogP contribution in [0.25, 0.3) is 21.8 Å². The minimum atomic E-state index is -5.00. The second-order valence-electron chi connectivity index (χ2n) is 7.68. The summed E-state index contributed by atoms with van der Waals surface area (Å²) in [4.78, 5) is 12.3. The van der Waals surface area contributed by atoms with Crippen molar-refractivity contribution in [3.63, 3.8) is 0 Å². The third-order valence-corrected chi connectivity index (χ3v) is 5.60. The van der Waals surface area contributed by atoms with E-state index < -0.39 is 11.8 Å². The molecule has 1 N–H and O–H groups in total. The first-order valence-electron chi connectivity index (χ1n) is 10.2. The number of fused-ring (bicyclic) bond motifs is 2. The number of halogens is 3. The van der Waals surface area contributed by atoms with Crippen LogP contribution in [-0.2, 0) is 12.1 Å². The summed E-state index contributed by atoms with van der Waals surface area (Å²) in [7, 11) is 0. The van der Waals surface area contributed by atoms with Crippen LogP contribution in [0.5, 0.6) is 0 Å². The van der Waals surface area contributed by atoms with Crippen LogP contribution in [0.1, 0.15) is 35.7 Å². The van der Waals surface area contributed by atoms with Crippen molar-refractivity contribution >= 4 is 27.7 Å². The molecule has 0 saturated heterocycles. The molecule has 8 heteroatoms. The van der Waals surface area contributed by atoms with Crippen molar-refractivity contribution in [2.75, 3.05) is 0 Å². The van der Waals surface area contributed by atoms with Crippen molar-refractivity contribution in [3.05, 3.63) is 78.6 Å². The molecular weight excluding hydrogens is 419 g/mol. The maximum atomic E-state index is 14.5. The van der Waals surface area contributed by atoms with E-state index >= 15 is 0 Å². The molecule has 0 aliphatic heterocycles. The molecule has 32 heavy (non-hydrogen) atoms. The van der Waals surface area contributed by atoms with Crippen LogP contribution >= 0.6 is 0 Å². The van der Waals surface area contributed by atoms with Gasteiger partial charge in [0.15, 0.2) is 0 Å². The summed E-state index contributed by atoms with van der Waals surface area (Å²) in [6.07, 6.45) is 0.131. The number of benzene rings is 2. The summed E-state index contributed by atoms with van der Waals surface area (Å²) in [6, 6.07) is 10.5. The molecule has 0 aliphatic carbocycles. The summed E-state index contributed by atoms with van der Waals surface area (Å²) < 4.78 is 46.2. The zero-order valence-corrected chi connectivity index (χ0v) is 17.4. The van der Waals surface area contributed by atoms with Crippen molar-refractivity contribution in [2.45, 2.75) is 38.1 Å². The van der Waals surface area contributed by atoms with E-state index in [2.05, 4.69) is 11.7 Å². The van der Waals surface area contributed by atoms with Crippen LogP contribution in [0.15, 0.2) is 67.5 Å². The molecular formula is C24H22F3N3O2. The second kappa shape index (κ2) is 7.94. The topological polar surface area (TPSA) is 60.0 Å². The maximum absolute atomic E-state index is 14.5. The van der Waals surface area contributed by atoms with Gasteiger partial charge in [-0.2, -0.15) is 18.3 Å². The molecule has 0 spiro atoms. The van der Waals surface area contributed by atoms with Crippen molar-refractivity contribution < 1.29 is 23.1 Å². The Morgan fingerprint density at radius 3 is 2.62 bits per heavy atom. The molecule has 2 heterocycles. The fraction of sp³-hybridized carbons (Fsp3) is 0.250. The van der Waals surface area contributed by atoms with Gasteiger partial charge in [-0.05, 0) is 30.2 Å². The van der Waals surface area contributed by atoms with Crippen LogP contribution < -0.4 is 0 Å². The quantitative estimate of drug-likeness (QED) is 0.407. The van der Waals surface area contributed by atoms with E-state index in [4.69, 9.17) is 0 Å². The highest BCUT2D eigenvalue weighted by atomic mass is 19.4. The number of hydrogen-bond acceptors (Lipinski definition) is 3. The Kier molecular flexibility index (Phi) is 5.42. The number of hydrogen-bond donors (Lipinski definition) is 1. The monoisotopic (exact) mass is 441 g/mol. The molecule has 0 fully saturated rings. The van der Waals surface area contributed by atoms with Gasteiger partial charge in [-0.3, -0.25) is 4.79 Å². The number of para-hydroxylation sites is 1. The fourth-order valence-electron chi connectivity index (χ4n) is 4.07. The lowest BCUT2D eigenvalue weighted by Crippen LogP contribution is -2.43. The van der Waals surface area contributed by atoms with Gasteiger partial charge < -0.3 is 9.67 Å². The van der Waals surface area contributed by atoms with Gasteiger partial charge in [-0.1, -0.05) is 37.3 Å². The number of alkyl halides is 3. The highest BCUT2D eigenvalue weighted by Crippen LogP contribution is 2.47. The van der Waals surface area contributed by atoms with Crippen molar-refractivity contribution in [3.8, 4) is 0 Å². The summed E-state index contributed by atoms with van der Waals surface area (Å²) >= 11 is 0.